The quantitative estimate of drug-likeness (QED) is 0.210. The van der Waals surface area contributed by atoms with Crippen LogP contribution in [0.3, 0.4) is 0 Å². The van der Waals surface area contributed by atoms with Crippen LogP contribution in [0.5, 0.6) is 5.75 Å². The number of aromatic nitrogens is 3. The van der Waals surface area contributed by atoms with Gasteiger partial charge in [0.15, 0.2) is 0 Å². The zero-order chi connectivity index (χ0) is 30.3. The molecule has 2 aromatic carbocycles. The van der Waals surface area contributed by atoms with Crippen molar-refractivity contribution < 1.29 is 19.0 Å². The second kappa shape index (κ2) is 13.7. The van der Waals surface area contributed by atoms with Crippen molar-refractivity contribution in [1.82, 2.24) is 14.2 Å². The molecule has 1 saturated carbocycles. The molecule has 224 valence electrons. The molecule has 0 radical (unpaired) electrons. The van der Waals surface area contributed by atoms with Crippen LogP contribution in [-0.2, 0) is 27.1 Å². The van der Waals surface area contributed by atoms with Gasteiger partial charge in [-0.1, -0.05) is 43.7 Å². The van der Waals surface area contributed by atoms with Crippen LogP contribution in [0.4, 0.5) is 0 Å². The SMILES string of the molecule is CCCc1c(Cc2ccc(-c3ccccc3C#N)cc2OC)c(=O)n(C2CCC(OCC(=O)OCC)CC2)c2ccnn12. The minimum atomic E-state index is -0.351. The molecule has 0 bridgehead atoms. The van der Waals surface area contributed by atoms with Crippen molar-refractivity contribution >= 4 is 11.6 Å². The topological polar surface area (TPSA) is 108 Å². The van der Waals surface area contributed by atoms with Crippen molar-refractivity contribution in [3.8, 4) is 22.9 Å². The smallest absolute Gasteiger partial charge is 0.332 e. The average molecular weight is 583 g/mol. The molecule has 1 aliphatic rings. The molecule has 0 aliphatic heterocycles. The summed E-state index contributed by atoms with van der Waals surface area (Å²) in [6, 6.07) is 17.6. The first-order valence-corrected chi connectivity index (χ1v) is 15.0. The van der Waals surface area contributed by atoms with Gasteiger partial charge < -0.3 is 14.2 Å². The Bertz CT molecular complexity index is 1690. The summed E-state index contributed by atoms with van der Waals surface area (Å²) in [5.41, 5.74) is 5.62. The van der Waals surface area contributed by atoms with E-state index in [0.29, 0.717) is 36.3 Å². The van der Waals surface area contributed by atoms with Crippen LogP contribution in [0.25, 0.3) is 16.8 Å². The van der Waals surface area contributed by atoms with Crippen LogP contribution < -0.4 is 10.3 Å². The van der Waals surface area contributed by atoms with Crippen LogP contribution in [0.2, 0.25) is 0 Å². The zero-order valence-electron chi connectivity index (χ0n) is 25.0. The first-order chi connectivity index (χ1) is 21.0. The molecule has 0 amide bonds. The third kappa shape index (κ3) is 6.35. The van der Waals surface area contributed by atoms with Crippen molar-refractivity contribution in [2.75, 3.05) is 20.3 Å². The number of rotatable bonds is 11. The predicted molar refractivity (Wildman–Crippen MR) is 163 cm³/mol. The lowest BCUT2D eigenvalue weighted by Gasteiger charge is -2.31. The van der Waals surface area contributed by atoms with Crippen LogP contribution in [0, 0.1) is 11.3 Å². The number of carbonyl (C=O) groups excluding carboxylic acids is 1. The third-order valence-electron chi connectivity index (χ3n) is 8.20. The molecule has 43 heavy (non-hydrogen) atoms. The Labute approximate surface area is 251 Å². The molecule has 1 aliphatic carbocycles. The van der Waals surface area contributed by atoms with Gasteiger partial charge in [-0.25, -0.2) is 9.31 Å². The molecule has 9 nitrogen and oxygen atoms in total. The first kappa shape index (κ1) is 30.1. The van der Waals surface area contributed by atoms with Gasteiger partial charge in [0, 0.05) is 24.1 Å². The van der Waals surface area contributed by atoms with E-state index in [1.807, 2.05) is 51.5 Å². The zero-order valence-corrected chi connectivity index (χ0v) is 25.0. The number of hydrogen-bond acceptors (Lipinski definition) is 7. The fourth-order valence-corrected chi connectivity index (χ4v) is 6.15. The maximum Gasteiger partial charge on any atom is 0.332 e. The summed E-state index contributed by atoms with van der Waals surface area (Å²) in [5.74, 6) is 0.314. The Morgan fingerprint density at radius 2 is 1.88 bits per heavy atom. The molecule has 0 spiro atoms. The van der Waals surface area contributed by atoms with Crippen LogP contribution in [0.15, 0.2) is 59.5 Å². The number of nitrogens with zero attached hydrogens (tertiary/aromatic N) is 4. The van der Waals surface area contributed by atoms with E-state index >= 15 is 0 Å². The largest absolute Gasteiger partial charge is 0.496 e. The van der Waals surface area contributed by atoms with Gasteiger partial charge >= 0.3 is 5.97 Å². The summed E-state index contributed by atoms with van der Waals surface area (Å²) in [6.45, 7) is 4.17. The lowest BCUT2D eigenvalue weighted by atomic mass is 9.92. The number of fused-ring (bicyclic) bond motifs is 1. The minimum Gasteiger partial charge on any atom is -0.496 e. The first-order valence-electron chi connectivity index (χ1n) is 15.0. The van der Waals surface area contributed by atoms with E-state index in [-0.39, 0.29) is 30.3 Å². The second-order valence-corrected chi connectivity index (χ2v) is 10.9. The van der Waals surface area contributed by atoms with E-state index in [4.69, 9.17) is 14.2 Å². The summed E-state index contributed by atoms with van der Waals surface area (Å²) >= 11 is 0. The summed E-state index contributed by atoms with van der Waals surface area (Å²) in [7, 11) is 1.63. The van der Waals surface area contributed by atoms with Crippen molar-refractivity contribution in [1.29, 1.82) is 5.26 Å². The van der Waals surface area contributed by atoms with Crippen molar-refractivity contribution in [2.24, 2.45) is 0 Å². The minimum absolute atomic E-state index is 0.00433. The Hall–Kier alpha value is -4.42. The Morgan fingerprint density at radius 1 is 1.09 bits per heavy atom. The normalized spacial score (nSPS) is 16.6. The molecule has 0 saturated heterocycles. The van der Waals surface area contributed by atoms with Crippen molar-refractivity contribution in [2.45, 2.75) is 70.9 Å². The Kier molecular flexibility index (Phi) is 9.58. The molecule has 1 fully saturated rings. The van der Waals surface area contributed by atoms with Crippen molar-refractivity contribution in [3.63, 3.8) is 0 Å². The number of nitriles is 1. The van der Waals surface area contributed by atoms with Crippen molar-refractivity contribution in [3.05, 3.63) is 87.5 Å². The lowest BCUT2D eigenvalue weighted by molar-refractivity contribution is -0.151. The molecular weight excluding hydrogens is 544 g/mol. The summed E-state index contributed by atoms with van der Waals surface area (Å²) < 4.78 is 20.4. The van der Waals surface area contributed by atoms with Crippen LogP contribution in [-0.4, -0.2) is 46.6 Å². The van der Waals surface area contributed by atoms with E-state index in [1.54, 1.807) is 26.3 Å². The summed E-state index contributed by atoms with van der Waals surface area (Å²) in [6.07, 6.45) is 6.72. The number of methoxy groups -OCH3 is 1. The fraction of sp³-hybridized carbons (Fsp3) is 0.412. The number of hydrogen-bond donors (Lipinski definition) is 0. The van der Waals surface area contributed by atoms with Gasteiger partial charge in [-0.05, 0) is 67.9 Å². The van der Waals surface area contributed by atoms with Crippen LogP contribution >= 0.6 is 0 Å². The highest BCUT2D eigenvalue weighted by molar-refractivity contribution is 5.72. The van der Waals surface area contributed by atoms with E-state index in [2.05, 4.69) is 18.1 Å². The lowest BCUT2D eigenvalue weighted by Crippen LogP contribution is -2.35. The molecule has 0 unspecified atom stereocenters. The monoisotopic (exact) mass is 582 g/mol. The number of esters is 1. The van der Waals surface area contributed by atoms with Gasteiger partial charge in [0.2, 0.25) is 0 Å². The van der Waals surface area contributed by atoms with E-state index < -0.39 is 0 Å². The number of carbonyl (C=O) groups is 1. The van der Waals surface area contributed by atoms with Gasteiger partial charge in [-0.15, -0.1) is 0 Å². The maximum atomic E-state index is 14.4. The maximum absolute atomic E-state index is 14.4. The van der Waals surface area contributed by atoms with E-state index in [9.17, 15) is 14.9 Å². The summed E-state index contributed by atoms with van der Waals surface area (Å²) in [5, 5.41) is 14.3. The molecule has 0 N–H and O–H groups in total. The predicted octanol–water partition coefficient (Wildman–Crippen LogP) is 5.65. The standard InChI is InChI=1S/C34H38N4O5/c1-4-8-30-29(19-24-12-11-23(20-31(24)41-3)28-10-7-6-9-25(28)21-35)34(40)37(32-17-18-36-38(30)32)26-13-15-27(16-14-26)43-22-33(39)42-5-2/h6-7,9-12,17-18,20,26-27H,4-5,8,13-16,19,22H2,1-3H3. The third-order valence-corrected chi connectivity index (χ3v) is 8.20. The van der Waals surface area contributed by atoms with E-state index in [1.165, 1.54) is 0 Å². The number of benzene rings is 2. The Balaban J connectivity index is 1.48. The molecule has 2 aromatic heterocycles. The molecule has 9 heteroatoms. The van der Waals surface area contributed by atoms with Gasteiger partial charge in [0.05, 0.1) is 43.3 Å². The van der Waals surface area contributed by atoms with Gasteiger partial charge in [-0.3, -0.25) is 9.36 Å². The van der Waals surface area contributed by atoms with E-state index in [0.717, 1.165) is 60.1 Å². The highest BCUT2D eigenvalue weighted by Crippen LogP contribution is 2.33. The van der Waals surface area contributed by atoms with Gasteiger partial charge in [0.25, 0.3) is 5.56 Å². The van der Waals surface area contributed by atoms with Crippen LogP contribution in [0.1, 0.15) is 74.4 Å². The number of aryl methyl sites for hydroxylation is 1. The Morgan fingerprint density at radius 3 is 2.60 bits per heavy atom. The highest BCUT2D eigenvalue weighted by Gasteiger charge is 2.28. The average Bonchev–Trinajstić information content (AvgIpc) is 3.52. The highest BCUT2D eigenvalue weighted by atomic mass is 16.6. The molecular formula is C34H38N4O5. The number of ether oxygens (including phenoxy) is 3. The fourth-order valence-electron chi connectivity index (χ4n) is 6.15. The molecule has 2 heterocycles. The molecule has 5 rings (SSSR count). The molecule has 0 atom stereocenters. The molecule has 4 aromatic rings. The van der Waals surface area contributed by atoms with Gasteiger partial charge in [0.1, 0.15) is 18.0 Å². The summed E-state index contributed by atoms with van der Waals surface area (Å²) in [4.78, 5) is 26.1. The second-order valence-electron chi connectivity index (χ2n) is 10.9. The van der Waals surface area contributed by atoms with Gasteiger partial charge in [-0.2, -0.15) is 10.4 Å².